The predicted molar refractivity (Wildman–Crippen MR) is 88.9 cm³/mol. The molecule has 2 heterocycles. The number of nitrogens with zero attached hydrogens (tertiary/aromatic N) is 5. The topological polar surface area (TPSA) is 117 Å². The van der Waals surface area contributed by atoms with E-state index in [1.165, 1.54) is 4.90 Å². The van der Waals surface area contributed by atoms with Crippen LogP contribution < -0.4 is 4.90 Å². The first-order valence-electron chi connectivity index (χ1n) is 8.05. The van der Waals surface area contributed by atoms with Gasteiger partial charge < -0.3 is 9.64 Å². The van der Waals surface area contributed by atoms with Crippen LogP contribution in [0.5, 0.6) is 0 Å². The van der Waals surface area contributed by atoms with Crippen LogP contribution in [0.25, 0.3) is 0 Å². The Kier molecular flexibility index (Phi) is 5.18. The molecule has 1 aliphatic rings. The SMILES string of the molecule is O=[N+]([O-])c1cc(C(F)(F)F)cc([N+](=O)[O-])c1N1CCOC(Cn2cccn2)C1. The van der Waals surface area contributed by atoms with Crippen molar-refractivity contribution < 1.29 is 27.8 Å². The van der Waals surface area contributed by atoms with E-state index in [4.69, 9.17) is 4.74 Å². The van der Waals surface area contributed by atoms with Gasteiger partial charge in [-0.3, -0.25) is 24.9 Å². The highest BCUT2D eigenvalue weighted by molar-refractivity contribution is 5.76. The molecule has 0 spiro atoms. The standard InChI is InChI=1S/C15H14F3N5O5/c16-15(17,18)10-6-12(22(24)25)14(13(7-10)23(26)27)20-4-5-28-11(8-20)9-21-3-1-2-19-21/h1-3,6-7,11H,4-5,8-9H2. The third kappa shape index (κ3) is 4.03. The van der Waals surface area contributed by atoms with Gasteiger partial charge in [0.25, 0.3) is 11.4 Å². The largest absolute Gasteiger partial charge is 0.416 e. The fraction of sp³-hybridized carbons (Fsp3) is 0.400. The number of benzene rings is 1. The number of halogens is 3. The molecule has 0 saturated carbocycles. The normalized spacial score (nSPS) is 17.5. The van der Waals surface area contributed by atoms with Crippen molar-refractivity contribution in [3.05, 3.63) is 56.4 Å². The second kappa shape index (κ2) is 7.42. The minimum Gasteiger partial charge on any atom is -0.373 e. The maximum atomic E-state index is 13.0. The van der Waals surface area contributed by atoms with E-state index in [2.05, 4.69) is 5.10 Å². The molecule has 13 heteroatoms. The molecule has 28 heavy (non-hydrogen) atoms. The highest BCUT2D eigenvalue weighted by Crippen LogP contribution is 2.43. The van der Waals surface area contributed by atoms with E-state index < -0.39 is 44.8 Å². The van der Waals surface area contributed by atoms with Gasteiger partial charge in [-0.15, -0.1) is 0 Å². The molecule has 1 aromatic heterocycles. The Morgan fingerprint density at radius 3 is 2.36 bits per heavy atom. The van der Waals surface area contributed by atoms with Crippen LogP contribution in [-0.2, 0) is 17.5 Å². The molecule has 1 saturated heterocycles. The summed E-state index contributed by atoms with van der Waals surface area (Å²) in [5.74, 6) is 0. The number of nitro groups is 2. The summed E-state index contributed by atoms with van der Waals surface area (Å²) >= 11 is 0. The first kappa shape index (κ1) is 19.5. The minimum absolute atomic E-state index is 0.0207. The summed E-state index contributed by atoms with van der Waals surface area (Å²) in [6, 6.07) is 2.33. The number of ether oxygens (including phenoxy) is 1. The Balaban J connectivity index is 2.01. The van der Waals surface area contributed by atoms with Gasteiger partial charge in [-0.2, -0.15) is 18.3 Å². The molecule has 0 bridgehead atoms. The lowest BCUT2D eigenvalue weighted by Crippen LogP contribution is -2.44. The minimum atomic E-state index is -4.96. The Morgan fingerprint density at radius 1 is 1.21 bits per heavy atom. The van der Waals surface area contributed by atoms with E-state index in [1.807, 2.05) is 0 Å². The Hall–Kier alpha value is -3.22. The summed E-state index contributed by atoms with van der Waals surface area (Å²) in [5, 5.41) is 26.8. The molecule has 0 aliphatic carbocycles. The van der Waals surface area contributed by atoms with Gasteiger partial charge in [-0.1, -0.05) is 0 Å². The summed E-state index contributed by atoms with van der Waals surface area (Å²) in [6.07, 6.45) is -2.24. The second-order valence-electron chi connectivity index (χ2n) is 6.04. The highest BCUT2D eigenvalue weighted by Gasteiger charge is 2.40. The number of alkyl halides is 3. The van der Waals surface area contributed by atoms with Gasteiger partial charge >= 0.3 is 6.18 Å². The molecule has 1 fully saturated rings. The summed E-state index contributed by atoms with van der Waals surface area (Å²) in [7, 11) is 0. The summed E-state index contributed by atoms with van der Waals surface area (Å²) in [6.45, 7) is 0.461. The van der Waals surface area contributed by atoms with E-state index in [1.54, 1.807) is 23.1 Å². The van der Waals surface area contributed by atoms with Crippen molar-refractivity contribution in [3.8, 4) is 0 Å². The number of aromatic nitrogens is 2. The molecule has 0 N–H and O–H groups in total. The fourth-order valence-electron chi connectivity index (χ4n) is 3.02. The van der Waals surface area contributed by atoms with Gasteiger partial charge in [0, 0.05) is 37.6 Å². The molecule has 0 amide bonds. The highest BCUT2D eigenvalue weighted by atomic mass is 19.4. The van der Waals surface area contributed by atoms with Crippen molar-refractivity contribution in [2.75, 3.05) is 24.6 Å². The Morgan fingerprint density at radius 2 is 1.86 bits per heavy atom. The molecule has 1 aliphatic heterocycles. The zero-order chi connectivity index (χ0) is 20.5. The van der Waals surface area contributed by atoms with Crippen LogP contribution in [0.15, 0.2) is 30.6 Å². The molecule has 3 rings (SSSR count). The quantitative estimate of drug-likeness (QED) is 0.558. The average molecular weight is 401 g/mol. The number of hydrogen-bond acceptors (Lipinski definition) is 7. The smallest absolute Gasteiger partial charge is 0.373 e. The van der Waals surface area contributed by atoms with Gasteiger partial charge in [0.2, 0.25) is 0 Å². The molecular formula is C15H14F3N5O5. The first-order valence-corrected chi connectivity index (χ1v) is 8.05. The van der Waals surface area contributed by atoms with Crippen LogP contribution in [0.3, 0.4) is 0 Å². The molecule has 1 aromatic carbocycles. The van der Waals surface area contributed by atoms with Crippen LogP contribution in [0.1, 0.15) is 5.56 Å². The second-order valence-corrected chi connectivity index (χ2v) is 6.04. The maximum absolute atomic E-state index is 13.0. The summed E-state index contributed by atoms with van der Waals surface area (Å²) < 4.78 is 46.2. The van der Waals surface area contributed by atoms with Crippen LogP contribution in [0.2, 0.25) is 0 Å². The number of rotatable bonds is 5. The zero-order valence-corrected chi connectivity index (χ0v) is 14.2. The van der Waals surface area contributed by atoms with Crippen LogP contribution in [-0.4, -0.2) is 45.4 Å². The summed E-state index contributed by atoms with van der Waals surface area (Å²) in [4.78, 5) is 22.0. The Bertz CT molecular complexity index is 852. The van der Waals surface area contributed by atoms with Crippen molar-refractivity contribution in [2.45, 2.75) is 18.8 Å². The lowest BCUT2D eigenvalue weighted by Gasteiger charge is -2.33. The third-order valence-corrected chi connectivity index (χ3v) is 4.20. The Labute approximate surface area is 155 Å². The molecule has 10 nitrogen and oxygen atoms in total. The zero-order valence-electron chi connectivity index (χ0n) is 14.2. The van der Waals surface area contributed by atoms with E-state index in [-0.39, 0.29) is 26.2 Å². The van der Waals surface area contributed by atoms with Gasteiger partial charge in [0.1, 0.15) is 0 Å². The lowest BCUT2D eigenvalue weighted by molar-refractivity contribution is -0.393. The maximum Gasteiger partial charge on any atom is 0.416 e. The molecule has 0 radical (unpaired) electrons. The predicted octanol–water partition coefficient (Wildman–Crippen LogP) is 2.62. The molecular weight excluding hydrogens is 387 g/mol. The number of nitro benzene ring substituents is 2. The lowest BCUT2D eigenvalue weighted by atomic mass is 10.1. The van der Waals surface area contributed by atoms with Gasteiger partial charge in [0.05, 0.1) is 34.7 Å². The summed E-state index contributed by atoms with van der Waals surface area (Å²) in [5.41, 5.74) is -3.85. The number of morpholine rings is 1. The van der Waals surface area contributed by atoms with E-state index in [9.17, 15) is 33.4 Å². The van der Waals surface area contributed by atoms with Gasteiger partial charge in [-0.25, -0.2) is 0 Å². The van der Waals surface area contributed by atoms with Crippen molar-refractivity contribution in [1.82, 2.24) is 9.78 Å². The first-order chi connectivity index (χ1) is 13.2. The van der Waals surface area contributed by atoms with Crippen molar-refractivity contribution in [2.24, 2.45) is 0 Å². The van der Waals surface area contributed by atoms with E-state index in [0.29, 0.717) is 12.1 Å². The molecule has 1 unspecified atom stereocenters. The third-order valence-electron chi connectivity index (χ3n) is 4.20. The van der Waals surface area contributed by atoms with Gasteiger partial charge in [-0.05, 0) is 6.07 Å². The molecule has 2 aromatic rings. The van der Waals surface area contributed by atoms with Crippen molar-refractivity contribution >= 4 is 17.1 Å². The van der Waals surface area contributed by atoms with Crippen molar-refractivity contribution in [1.29, 1.82) is 0 Å². The molecule has 1 atom stereocenters. The average Bonchev–Trinajstić information content (AvgIpc) is 3.12. The number of hydrogen-bond donors (Lipinski definition) is 0. The van der Waals surface area contributed by atoms with Crippen LogP contribution in [0, 0.1) is 20.2 Å². The van der Waals surface area contributed by atoms with E-state index in [0.717, 1.165) is 0 Å². The van der Waals surface area contributed by atoms with E-state index >= 15 is 0 Å². The van der Waals surface area contributed by atoms with Crippen LogP contribution in [0.4, 0.5) is 30.2 Å². The van der Waals surface area contributed by atoms with Gasteiger partial charge in [0.15, 0.2) is 5.69 Å². The molecule has 150 valence electrons. The monoisotopic (exact) mass is 401 g/mol. The number of anilines is 1. The fourth-order valence-corrected chi connectivity index (χ4v) is 3.02. The van der Waals surface area contributed by atoms with Crippen LogP contribution >= 0.6 is 0 Å². The van der Waals surface area contributed by atoms with Crippen molar-refractivity contribution in [3.63, 3.8) is 0 Å².